The number of rotatable bonds is 5. The van der Waals surface area contributed by atoms with E-state index in [4.69, 9.17) is 10.5 Å². The summed E-state index contributed by atoms with van der Waals surface area (Å²) in [5.74, 6) is -10.4. The topological polar surface area (TPSA) is 171 Å². The van der Waals surface area contributed by atoms with Crippen molar-refractivity contribution in [2.45, 2.75) is 31.0 Å². The Morgan fingerprint density at radius 3 is 2.35 bits per heavy atom. The molecule has 216 valence electrons. The number of anilines is 1. The van der Waals surface area contributed by atoms with Crippen LogP contribution in [-0.2, 0) is 36.9 Å². The maximum absolute atomic E-state index is 14.1. The minimum Gasteiger partial charge on any atom is -0.507 e. The molecule has 1 amide bonds. The number of ether oxygens (including phenoxy) is 1. The van der Waals surface area contributed by atoms with Gasteiger partial charge in [0.15, 0.2) is 34.7 Å². The summed E-state index contributed by atoms with van der Waals surface area (Å²) in [6, 6.07) is 0.727. The molecule has 2 saturated carbocycles. The number of nitrogens with zero attached hydrogens (tertiary/aromatic N) is 3. The van der Waals surface area contributed by atoms with Crippen molar-refractivity contribution in [1.82, 2.24) is 9.80 Å². The highest BCUT2D eigenvalue weighted by Crippen LogP contribution is 2.52. The fourth-order valence-corrected chi connectivity index (χ4v) is 7.23. The number of phenols is 1. The van der Waals surface area contributed by atoms with E-state index in [0.717, 1.165) is 5.69 Å². The van der Waals surface area contributed by atoms with E-state index < -0.39 is 64.4 Å². The van der Waals surface area contributed by atoms with Crippen LogP contribution in [0.25, 0.3) is 0 Å². The van der Waals surface area contributed by atoms with E-state index in [1.165, 1.54) is 4.90 Å². The van der Waals surface area contributed by atoms with Gasteiger partial charge in [-0.3, -0.25) is 33.8 Å². The Balaban J connectivity index is 1.61. The van der Waals surface area contributed by atoms with E-state index in [1.807, 2.05) is 25.1 Å². The van der Waals surface area contributed by atoms with E-state index in [-0.39, 0.29) is 24.2 Å². The number of primary amides is 1. The Hall–Kier alpha value is -3.19. The van der Waals surface area contributed by atoms with Crippen LogP contribution in [0, 0.1) is 23.7 Å². The molecule has 0 aromatic heterocycles. The maximum Gasteiger partial charge on any atom is 0.235 e. The molecule has 5 rings (SSSR count). The molecule has 12 nitrogen and oxygen atoms in total. The fourth-order valence-electron chi connectivity index (χ4n) is 7.23. The van der Waals surface area contributed by atoms with E-state index in [0.29, 0.717) is 44.0 Å². The molecule has 0 bridgehead atoms. The number of carbonyl (C=O) groups is 5. The molecule has 1 aliphatic heterocycles. The van der Waals surface area contributed by atoms with Gasteiger partial charge >= 0.3 is 0 Å². The van der Waals surface area contributed by atoms with Gasteiger partial charge in [0.05, 0.1) is 30.7 Å². The number of Topliss-reactive ketones (excluding diaryl/α,β-unsaturated/α-hetero) is 4. The number of likely N-dealkylation sites (N-methyl/N-ethyl adjacent to an activating group) is 1. The van der Waals surface area contributed by atoms with Gasteiger partial charge in [-0.05, 0) is 44.5 Å². The smallest absolute Gasteiger partial charge is 0.235 e. The number of morpholine rings is 1. The predicted octanol–water partition coefficient (Wildman–Crippen LogP) is -1.23. The Labute approximate surface area is 232 Å². The van der Waals surface area contributed by atoms with Crippen LogP contribution in [0.2, 0.25) is 0 Å². The lowest BCUT2D eigenvalue weighted by Crippen LogP contribution is -2.74. The minimum atomic E-state index is -2.73. The van der Waals surface area contributed by atoms with E-state index in [1.54, 1.807) is 14.1 Å². The molecule has 1 heterocycles. The molecule has 1 saturated heterocycles. The second-order valence-electron chi connectivity index (χ2n) is 11.8. The molecule has 2 unspecified atom stereocenters. The van der Waals surface area contributed by atoms with Crippen molar-refractivity contribution in [2.24, 2.45) is 29.4 Å². The van der Waals surface area contributed by atoms with Crippen molar-refractivity contribution in [3.05, 3.63) is 22.8 Å². The number of ketones is 4. The number of nitrogens with two attached hydrogens (primary N) is 1. The fraction of sp³-hybridized carbons (Fsp3) is 0.607. The second kappa shape index (κ2) is 10.0. The first-order valence-corrected chi connectivity index (χ1v) is 13.5. The number of aromatic hydroxyl groups is 1. The number of aliphatic hydroxyl groups is 1. The Bertz CT molecular complexity index is 1300. The van der Waals surface area contributed by atoms with Gasteiger partial charge in [-0.15, -0.1) is 0 Å². The molecular formula is C28H36N4O8. The number of amides is 1. The molecule has 40 heavy (non-hydrogen) atoms. The second-order valence-corrected chi connectivity index (χ2v) is 11.8. The first-order valence-electron chi connectivity index (χ1n) is 13.5. The third kappa shape index (κ3) is 4.08. The lowest BCUT2D eigenvalue weighted by Gasteiger charge is -2.52. The minimum absolute atomic E-state index is 0.0149. The van der Waals surface area contributed by atoms with Gasteiger partial charge in [-0.2, -0.15) is 0 Å². The number of hydrogen-bond acceptors (Lipinski definition) is 11. The first kappa shape index (κ1) is 28.3. The molecule has 0 radical (unpaired) electrons. The Kier molecular flexibility index (Phi) is 7.10. The SMILES string of the molecule is CN(C)c1cc(CN2CCOCC2)c(O)c2c1C[C@@H]1C[C@@H]3[C@@H](N(C)C)C(=O)C(C(N)=O)C(=O)[C@]3(O)C(=O)C1C2=O. The monoisotopic (exact) mass is 556 g/mol. The molecule has 4 N–H and O–H groups in total. The van der Waals surface area contributed by atoms with Gasteiger partial charge < -0.3 is 25.6 Å². The molecular weight excluding hydrogens is 520 g/mol. The van der Waals surface area contributed by atoms with Gasteiger partial charge in [0.25, 0.3) is 0 Å². The van der Waals surface area contributed by atoms with Gasteiger partial charge in [0.2, 0.25) is 5.91 Å². The van der Waals surface area contributed by atoms with Gasteiger partial charge in [-0.1, -0.05) is 0 Å². The molecule has 0 spiro atoms. The number of benzene rings is 1. The number of fused-ring (bicyclic) bond motifs is 3. The summed E-state index contributed by atoms with van der Waals surface area (Å²) in [6.45, 7) is 2.80. The van der Waals surface area contributed by atoms with E-state index in [2.05, 4.69) is 4.90 Å². The van der Waals surface area contributed by atoms with Crippen LogP contribution in [0.4, 0.5) is 5.69 Å². The van der Waals surface area contributed by atoms with E-state index in [9.17, 15) is 34.2 Å². The van der Waals surface area contributed by atoms with E-state index >= 15 is 0 Å². The van der Waals surface area contributed by atoms with Crippen LogP contribution < -0.4 is 10.6 Å². The zero-order chi connectivity index (χ0) is 29.3. The normalized spacial score (nSPS) is 32.5. The average molecular weight is 557 g/mol. The highest BCUT2D eigenvalue weighted by Gasteiger charge is 2.69. The third-order valence-electron chi connectivity index (χ3n) is 9.10. The summed E-state index contributed by atoms with van der Waals surface area (Å²) < 4.78 is 5.41. The highest BCUT2D eigenvalue weighted by atomic mass is 16.5. The van der Waals surface area contributed by atoms with Gasteiger partial charge in [0.1, 0.15) is 5.75 Å². The highest BCUT2D eigenvalue weighted by molar-refractivity contribution is 6.32. The van der Waals surface area contributed by atoms with Crippen LogP contribution >= 0.6 is 0 Å². The molecule has 4 aliphatic rings. The van der Waals surface area contributed by atoms with Crippen LogP contribution in [0.15, 0.2) is 6.07 Å². The van der Waals surface area contributed by atoms with Crippen LogP contribution in [0.5, 0.6) is 5.75 Å². The Morgan fingerprint density at radius 2 is 1.77 bits per heavy atom. The summed E-state index contributed by atoms with van der Waals surface area (Å²) in [7, 11) is 6.79. The lowest BCUT2D eigenvalue weighted by atomic mass is 9.52. The van der Waals surface area contributed by atoms with Crippen molar-refractivity contribution in [3.8, 4) is 5.75 Å². The van der Waals surface area contributed by atoms with Gasteiger partial charge in [0, 0.05) is 50.9 Å². The zero-order valence-electron chi connectivity index (χ0n) is 23.2. The molecule has 3 fully saturated rings. The molecule has 12 heteroatoms. The van der Waals surface area contributed by atoms with Crippen molar-refractivity contribution in [3.63, 3.8) is 0 Å². The maximum atomic E-state index is 14.1. The van der Waals surface area contributed by atoms with Crippen molar-refractivity contribution < 1.29 is 38.9 Å². The number of phenolic OH excluding ortho intramolecular Hbond substituents is 1. The van der Waals surface area contributed by atoms with Crippen molar-refractivity contribution in [1.29, 1.82) is 0 Å². The summed E-state index contributed by atoms with van der Waals surface area (Å²) >= 11 is 0. The molecule has 1 aromatic rings. The largest absolute Gasteiger partial charge is 0.507 e. The van der Waals surface area contributed by atoms with Crippen LogP contribution in [0.3, 0.4) is 0 Å². The third-order valence-corrected chi connectivity index (χ3v) is 9.10. The summed E-state index contributed by atoms with van der Waals surface area (Å²) in [6.07, 6.45) is 0.248. The first-order chi connectivity index (χ1) is 18.8. The van der Waals surface area contributed by atoms with Crippen molar-refractivity contribution >= 4 is 34.7 Å². The lowest BCUT2D eigenvalue weighted by molar-refractivity contribution is -0.181. The standard InChI is InChI=1S/C28H36N4O8/c1-30(2)17-11-14(12-32-5-7-40-8-6-32)22(33)19-15(17)9-13-10-16-21(31(3)4)24(35)20(27(29)38)26(37)28(16,39)25(36)18(13)23(19)34/h11,13,16,18,20-21,33,39H,5-10,12H2,1-4H3,(H2,29,38)/t13-,16-,18?,20?,21-,28-/m1/s1. The number of carbonyl (C=O) groups excluding carboxylic acids is 5. The molecule has 1 aromatic carbocycles. The van der Waals surface area contributed by atoms with Gasteiger partial charge in [-0.25, -0.2) is 0 Å². The zero-order valence-corrected chi connectivity index (χ0v) is 23.2. The Morgan fingerprint density at radius 1 is 1.12 bits per heavy atom. The van der Waals surface area contributed by atoms with Crippen LogP contribution in [0.1, 0.15) is 27.9 Å². The molecule has 6 atom stereocenters. The summed E-state index contributed by atoms with van der Waals surface area (Å²) in [5.41, 5.74) is 4.50. The average Bonchev–Trinajstić information content (AvgIpc) is 2.87. The van der Waals surface area contributed by atoms with Crippen LogP contribution in [-0.4, -0.2) is 115 Å². The van der Waals surface area contributed by atoms with Crippen molar-refractivity contribution in [2.75, 3.05) is 59.4 Å². The summed E-state index contributed by atoms with van der Waals surface area (Å²) in [5, 5.41) is 23.1. The molecule has 3 aliphatic carbocycles. The quantitative estimate of drug-likeness (QED) is 0.371. The predicted molar refractivity (Wildman–Crippen MR) is 142 cm³/mol. The summed E-state index contributed by atoms with van der Waals surface area (Å²) in [4.78, 5) is 72.4. The number of hydrogen-bond donors (Lipinski definition) is 3.